The number of hydrogen-bond donors (Lipinski definition) is 0. The first kappa shape index (κ1) is 31.3. The van der Waals surface area contributed by atoms with Crippen LogP contribution in [0, 0.1) is 22.7 Å². The summed E-state index contributed by atoms with van der Waals surface area (Å²) in [7, 11) is 0. The van der Waals surface area contributed by atoms with E-state index in [1.807, 2.05) is 35.9 Å². The first-order chi connectivity index (χ1) is 25.6. The molecule has 0 fully saturated rings. The highest BCUT2D eigenvalue weighted by Gasteiger charge is 2.19. The molecule has 9 aromatic rings. The predicted molar refractivity (Wildman–Crippen MR) is 215 cm³/mol. The van der Waals surface area contributed by atoms with Gasteiger partial charge in [-0.05, 0) is 103 Å². The maximum atomic E-state index is 9.51. The van der Waals surface area contributed by atoms with Gasteiger partial charge < -0.3 is 0 Å². The minimum absolute atomic E-state index is 0.547. The van der Waals surface area contributed by atoms with Crippen LogP contribution in [0.2, 0.25) is 0 Å². The first-order valence-electron chi connectivity index (χ1n) is 17.4. The van der Waals surface area contributed by atoms with Gasteiger partial charge in [0, 0.05) is 56.1 Å². The van der Waals surface area contributed by atoms with Gasteiger partial charge in [0.1, 0.15) is 12.1 Å². The van der Waals surface area contributed by atoms with Crippen molar-refractivity contribution in [2.45, 2.75) is 19.8 Å². The maximum absolute atomic E-state index is 9.51. The Balaban J connectivity index is 1.29. The summed E-state index contributed by atoms with van der Waals surface area (Å²) in [6.07, 6.45) is 8.94. The average Bonchev–Trinajstić information content (AvgIpc) is 3.59. The van der Waals surface area contributed by atoms with Gasteiger partial charge in [-0.1, -0.05) is 92.2 Å². The molecule has 52 heavy (non-hydrogen) atoms. The van der Waals surface area contributed by atoms with Crippen LogP contribution in [0.1, 0.15) is 30.0 Å². The molecule has 0 saturated heterocycles. The molecule has 0 aliphatic heterocycles. The molecular weight excluding hydrogens is 653 g/mol. The molecule has 0 aliphatic carbocycles. The molecule has 9 rings (SSSR count). The third-order valence-corrected chi connectivity index (χ3v) is 11.0. The lowest BCUT2D eigenvalue weighted by molar-refractivity contribution is 0.924. The Morgan fingerprint density at radius 1 is 0.500 bits per heavy atom. The summed E-state index contributed by atoms with van der Waals surface area (Å²) >= 11 is 1.85. The zero-order valence-electron chi connectivity index (χ0n) is 28.4. The van der Waals surface area contributed by atoms with Crippen molar-refractivity contribution in [3.63, 3.8) is 0 Å². The van der Waals surface area contributed by atoms with Crippen molar-refractivity contribution in [2.24, 2.45) is 0 Å². The number of nitriles is 2. The summed E-state index contributed by atoms with van der Waals surface area (Å²) in [4.78, 5) is 8.64. The lowest BCUT2D eigenvalue weighted by atomic mass is 9.89. The Labute approximate surface area is 305 Å². The molecule has 0 amide bonds. The Kier molecular flexibility index (Phi) is 7.77. The van der Waals surface area contributed by atoms with Crippen LogP contribution in [-0.4, -0.2) is 9.97 Å². The normalized spacial score (nSPS) is 11.3. The van der Waals surface area contributed by atoms with Crippen LogP contribution < -0.4 is 0 Å². The number of aromatic nitrogens is 2. The molecule has 3 aromatic heterocycles. The molecule has 5 heteroatoms. The zero-order chi connectivity index (χ0) is 35.2. The quantitative estimate of drug-likeness (QED) is 0.175. The minimum Gasteiger partial charge on any atom is -0.263 e. The average molecular weight is 683 g/mol. The topological polar surface area (TPSA) is 73.4 Å². The number of pyridine rings is 2. The smallest absolute Gasteiger partial charge is 0.101 e. The lowest BCUT2D eigenvalue weighted by Crippen LogP contribution is -1.89. The molecule has 0 saturated carbocycles. The minimum atomic E-state index is 0.547. The summed E-state index contributed by atoms with van der Waals surface area (Å²) in [5.74, 6) is 0. The number of nitrogens with zero attached hydrogens (tertiary/aromatic N) is 4. The summed E-state index contributed by atoms with van der Waals surface area (Å²) in [5.41, 5.74) is 11.0. The van der Waals surface area contributed by atoms with Crippen molar-refractivity contribution in [3.05, 3.63) is 157 Å². The van der Waals surface area contributed by atoms with Crippen LogP contribution >= 0.6 is 11.3 Å². The molecule has 244 valence electrons. The molecule has 6 aromatic carbocycles. The van der Waals surface area contributed by atoms with E-state index < -0.39 is 0 Å². The van der Waals surface area contributed by atoms with Gasteiger partial charge in [0.25, 0.3) is 0 Å². The van der Waals surface area contributed by atoms with Gasteiger partial charge in [-0.25, -0.2) is 0 Å². The molecule has 0 spiro atoms. The van der Waals surface area contributed by atoms with Gasteiger partial charge in [-0.2, -0.15) is 10.5 Å². The molecule has 0 radical (unpaired) electrons. The van der Waals surface area contributed by atoms with E-state index in [-0.39, 0.29) is 0 Å². The van der Waals surface area contributed by atoms with Gasteiger partial charge in [0.2, 0.25) is 0 Å². The maximum Gasteiger partial charge on any atom is 0.101 e. The number of hydrogen-bond acceptors (Lipinski definition) is 5. The van der Waals surface area contributed by atoms with Crippen LogP contribution in [0.4, 0.5) is 0 Å². The standard InChI is InChI=1S/C47H30N4S/c1-2-7-29-14-15-39-42(35-11-6-9-33(20-35)37-17-31(24-49)26-51-28-37)22-45-47(43(39)18-29)46-40-13-4-3-12-38(40)41(21-44(46)52-45)34-10-5-8-32(19-34)36-16-30(23-48)25-50-27-36/h3-6,8-22,25-28H,2,7H2,1H3. The number of aryl methyl sites for hydroxylation is 1. The Bertz CT molecular complexity index is 2960. The van der Waals surface area contributed by atoms with E-state index >= 15 is 0 Å². The fourth-order valence-corrected chi connectivity index (χ4v) is 8.78. The Hall–Kier alpha value is -6.66. The third kappa shape index (κ3) is 5.37. The van der Waals surface area contributed by atoms with E-state index in [1.165, 1.54) is 58.4 Å². The molecule has 4 nitrogen and oxygen atoms in total. The molecule has 0 unspecified atom stereocenters. The molecule has 3 heterocycles. The second-order valence-corrected chi connectivity index (χ2v) is 14.3. The highest BCUT2D eigenvalue weighted by Crippen LogP contribution is 2.48. The first-order valence-corrected chi connectivity index (χ1v) is 18.2. The Morgan fingerprint density at radius 2 is 1.04 bits per heavy atom. The highest BCUT2D eigenvalue weighted by atomic mass is 32.1. The molecule has 0 N–H and O–H groups in total. The van der Waals surface area contributed by atoms with Gasteiger partial charge in [-0.15, -0.1) is 11.3 Å². The van der Waals surface area contributed by atoms with E-state index in [9.17, 15) is 10.5 Å². The fourth-order valence-electron chi connectivity index (χ4n) is 7.56. The van der Waals surface area contributed by atoms with E-state index in [2.05, 4.69) is 132 Å². The van der Waals surface area contributed by atoms with Gasteiger partial charge >= 0.3 is 0 Å². The van der Waals surface area contributed by atoms with Crippen LogP contribution in [0.5, 0.6) is 0 Å². The number of fused-ring (bicyclic) bond motifs is 7. The van der Waals surface area contributed by atoms with Crippen molar-refractivity contribution in [2.75, 3.05) is 0 Å². The number of rotatable bonds is 6. The molecule has 0 bridgehead atoms. The van der Waals surface area contributed by atoms with Crippen molar-refractivity contribution < 1.29 is 0 Å². The predicted octanol–water partition coefficient (Wildman–Crippen LogP) is 12.5. The van der Waals surface area contributed by atoms with Crippen LogP contribution in [0.25, 0.3) is 86.2 Å². The molecule has 0 atom stereocenters. The van der Waals surface area contributed by atoms with Gasteiger partial charge in [-0.3, -0.25) is 9.97 Å². The van der Waals surface area contributed by atoms with Crippen LogP contribution in [-0.2, 0) is 6.42 Å². The third-order valence-electron chi connectivity index (χ3n) is 9.93. The number of thiophene rings is 1. The summed E-state index contributed by atoms with van der Waals surface area (Å²) in [6, 6.07) is 45.9. The fraction of sp³-hybridized carbons (Fsp3) is 0.0638. The summed E-state index contributed by atoms with van der Waals surface area (Å²) in [6.45, 7) is 2.23. The summed E-state index contributed by atoms with van der Waals surface area (Å²) < 4.78 is 2.50. The van der Waals surface area contributed by atoms with Crippen molar-refractivity contribution in [3.8, 4) is 56.6 Å². The van der Waals surface area contributed by atoms with E-state index in [0.717, 1.165) is 46.2 Å². The van der Waals surface area contributed by atoms with Crippen LogP contribution in [0.3, 0.4) is 0 Å². The number of benzene rings is 6. The van der Waals surface area contributed by atoms with Gasteiger partial charge in [0.05, 0.1) is 11.1 Å². The lowest BCUT2D eigenvalue weighted by Gasteiger charge is -2.13. The van der Waals surface area contributed by atoms with Crippen LogP contribution in [0.15, 0.2) is 140 Å². The van der Waals surface area contributed by atoms with Crippen molar-refractivity contribution in [1.29, 1.82) is 10.5 Å². The highest BCUT2D eigenvalue weighted by molar-refractivity contribution is 7.26. The molecular formula is C47H30N4S. The van der Waals surface area contributed by atoms with Crippen molar-refractivity contribution >= 4 is 53.1 Å². The second-order valence-electron chi connectivity index (χ2n) is 13.2. The second kappa shape index (κ2) is 12.9. The summed E-state index contributed by atoms with van der Waals surface area (Å²) in [5, 5.41) is 26.5. The zero-order valence-corrected chi connectivity index (χ0v) is 29.2. The largest absolute Gasteiger partial charge is 0.263 e. The van der Waals surface area contributed by atoms with Crippen molar-refractivity contribution in [1.82, 2.24) is 9.97 Å². The SMILES string of the molecule is CCCc1ccc2c(-c3cccc(-c4cncc(C#N)c4)c3)cc3sc4cc(-c5cccc(-c6cncc(C#N)c6)c5)c5ccccc5c4c3c2c1. The monoisotopic (exact) mass is 682 g/mol. The van der Waals surface area contributed by atoms with Gasteiger partial charge in [0.15, 0.2) is 0 Å². The van der Waals surface area contributed by atoms with E-state index in [0.29, 0.717) is 11.1 Å². The van der Waals surface area contributed by atoms with E-state index in [1.54, 1.807) is 12.4 Å². The Morgan fingerprint density at radius 3 is 1.62 bits per heavy atom. The van der Waals surface area contributed by atoms with E-state index in [4.69, 9.17) is 0 Å². The molecule has 0 aliphatic rings.